The highest BCUT2D eigenvalue weighted by Crippen LogP contribution is 2.61. The highest BCUT2D eigenvalue weighted by molar-refractivity contribution is 7.86. The first-order valence-corrected chi connectivity index (χ1v) is 13.8. The van der Waals surface area contributed by atoms with Crippen molar-refractivity contribution in [2.24, 2.45) is 17.8 Å². The zero-order valence-electron chi connectivity index (χ0n) is 20.9. The van der Waals surface area contributed by atoms with Crippen molar-refractivity contribution >= 4 is 10.1 Å². The number of aryl methyl sites for hydroxylation is 1. The normalized spacial score (nSPS) is 35.6. The maximum absolute atomic E-state index is 14.2. The first kappa shape index (κ1) is 26.9. The SMILES string of the molecule is Cc1ccc(S(=O)(=O)OCCOCC2=C(C(F)(F)F)O[C@@H]3OC4(C)CCC5[C@H](C)CC[C@@H]2[C@]53OO4)cc1. The summed E-state index contributed by atoms with van der Waals surface area (Å²) in [6.07, 6.45) is -3.80. The van der Waals surface area contributed by atoms with Gasteiger partial charge >= 0.3 is 6.18 Å². The second-order valence-electron chi connectivity index (χ2n) is 10.5. The number of hydrogen-bond donors (Lipinski definition) is 0. The molecule has 4 aliphatic heterocycles. The lowest BCUT2D eigenvalue weighted by Gasteiger charge is -2.57. The van der Waals surface area contributed by atoms with Gasteiger partial charge in [0.25, 0.3) is 10.1 Å². The Hall–Kier alpha value is -1.70. The molecule has 5 aliphatic rings. The predicted molar refractivity (Wildman–Crippen MR) is 122 cm³/mol. The van der Waals surface area contributed by atoms with E-state index in [1.165, 1.54) is 12.1 Å². The van der Waals surface area contributed by atoms with Crippen LogP contribution in [-0.4, -0.2) is 52.1 Å². The molecule has 0 N–H and O–H groups in total. The van der Waals surface area contributed by atoms with Gasteiger partial charge in [-0.25, -0.2) is 9.78 Å². The molecular weight excluding hydrogens is 517 g/mol. The van der Waals surface area contributed by atoms with Crippen LogP contribution < -0.4 is 0 Å². The summed E-state index contributed by atoms with van der Waals surface area (Å²) in [5.41, 5.74) is -0.422. The van der Waals surface area contributed by atoms with Crippen LogP contribution in [-0.2, 0) is 38.3 Å². The van der Waals surface area contributed by atoms with Gasteiger partial charge in [0.15, 0.2) is 5.60 Å². The van der Waals surface area contributed by atoms with E-state index >= 15 is 0 Å². The third kappa shape index (κ3) is 4.80. The van der Waals surface area contributed by atoms with Crippen molar-refractivity contribution in [1.29, 1.82) is 0 Å². The fourth-order valence-corrected chi connectivity index (χ4v) is 6.95. The lowest BCUT2D eigenvalue weighted by atomic mass is 9.59. The van der Waals surface area contributed by atoms with Gasteiger partial charge in [0.2, 0.25) is 17.8 Å². The number of benzene rings is 1. The van der Waals surface area contributed by atoms with Crippen LogP contribution >= 0.6 is 0 Å². The molecule has 4 fully saturated rings. The van der Waals surface area contributed by atoms with Gasteiger partial charge in [-0.3, -0.25) is 4.18 Å². The highest BCUT2D eigenvalue weighted by atomic mass is 32.2. The number of ether oxygens (including phenoxy) is 3. The molecule has 1 aromatic carbocycles. The minimum atomic E-state index is -4.78. The molecule has 37 heavy (non-hydrogen) atoms. The standard InChI is InChI=1S/C25H31F3O8S/c1-15-4-7-17(8-5-15)37(29,30)32-13-12-31-14-18-20-9-6-16(2)19-10-11-23(3)34-22(24(19,20)36-35-23)33-21(18)25(26,27)28/h4-5,7-8,16,19-20,22H,6,9-14H2,1-3H3/t16-,19?,20+,22-,23?,24-/m1/s1. The summed E-state index contributed by atoms with van der Waals surface area (Å²) in [6, 6.07) is 6.13. The van der Waals surface area contributed by atoms with Crippen LogP contribution in [0.3, 0.4) is 0 Å². The second kappa shape index (κ2) is 9.49. The summed E-state index contributed by atoms with van der Waals surface area (Å²) >= 11 is 0. The van der Waals surface area contributed by atoms with Gasteiger partial charge < -0.3 is 14.2 Å². The molecule has 6 atom stereocenters. The first-order valence-electron chi connectivity index (χ1n) is 12.4. The molecule has 2 bridgehead atoms. The molecule has 8 nitrogen and oxygen atoms in total. The smallest absolute Gasteiger partial charge is 0.449 e. The van der Waals surface area contributed by atoms with Crippen LogP contribution in [0.5, 0.6) is 0 Å². The van der Waals surface area contributed by atoms with Crippen molar-refractivity contribution < 1.29 is 49.8 Å². The number of fused-ring (bicyclic) bond motifs is 2. The number of alkyl halides is 3. The fraction of sp³-hybridized carbons (Fsp3) is 0.680. The van der Waals surface area contributed by atoms with E-state index in [0.29, 0.717) is 25.7 Å². The van der Waals surface area contributed by atoms with Gasteiger partial charge in [-0.1, -0.05) is 24.6 Å². The van der Waals surface area contributed by atoms with Crippen molar-refractivity contribution in [3.8, 4) is 0 Å². The quantitative estimate of drug-likeness (QED) is 0.273. The Morgan fingerprint density at radius 1 is 1.08 bits per heavy atom. The molecule has 6 rings (SSSR count). The lowest BCUT2D eigenvalue weighted by molar-refractivity contribution is -0.557. The van der Waals surface area contributed by atoms with Crippen molar-refractivity contribution in [3.05, 3.63) is 41.2 Å². The van der Waals surface area contributed by atoms with E-state index in [1.807, 2.05) is 6.92 Å². The molecule has 1 spiro atoms. The summed E-state index contributed by atoms with van der Waals surface area (Å²) in [5, 5.41) is 0. The Morgan fingerprint density at radius 2 is 1.81 bits per heavy atom. The molecular formula is C25H31F3O8S. The Balaban J connectivity index is 1.34. The van der Waals surface area contributed by atoms with Gasteiger partial charge in [0, 0.05) is 23.8 Å². The Kier molecular flexibility index (Phi) is 6.90. The van der Waals surface area contributed by atoms with E-state index in [1.54, 1.807) is 19.1 Å². The van der Waals surface area contributed by atoms with E-state index in [-0.39, 0.29) is 35.5 Å². The summed E-state index contributed by atoms with van der Waals surface area (Å²) < 4.78 is 89.2. The van der Waals surface area contributed by atoms with Gasteiger partial charge in [-0.15, -0.1) is 0 Å². The van der Waals surface area contributed by atoms with Crippen LogP contribution in [0.1, 0.15) is 45.1 Å². The topological polar surface area (TPSA) is 89.5 Å². The average Bonchev–Trinajstić information content (AvgIpc) is 3.06. The van der Waals surface area contributed by atoms with Crippen LogP contribution in [0.25, 0.3) is 0 Å². The van der Waals surface area contributed by atoms with E-state index in [4.69, 9.17) is 28.2 Å². The Morgan fingerprint density at radius 3 is 2.51 bits per heavy atom. The minimum absolute atomic E-state index is 0.0110. The van der Waals surface area contributed by atoms with Crippen molar-refractivity contribution in [1.82, 2.24) is 0 Å². The van der Waals surface area contributed by atoms with Crippen LogP contribution in [0.15, 0.2) is 40.5 Å². The molecule has 12 heteroatoms. The Labute approximate surface area is 214 Å². The molecule has 206 valence electrons. The number of allylic oxidation sites excluding steroid dienone is 1. The summed E-state index contributed by atoms with van der Waals surface area (Å²) in [6.45, 7) is 4.50. The van der Waals surface area contributed by atoms with Gasteiger partial charge in [-0.2, -0.15) is 21.6 Å². The lowest BCUT2D eigenvalue weighted by Crippen LogP contribution is -2.67. The third-order valence-corrected chi connectivity index (χ3v) is 9.27. The average molecular weight is 549 g/mol. The zero-order chi connectivity index (χ0) is 26.6. The molecule has 2 unspecified atom stereocenters. The van der Waals surface area contributed by atoms with Crippen molar-refractivity contribution in [3.63, 3.8) is 0 Å². The molecule has 0 amide bonds. The number of halogens is 3. The predicted octanol–water partition coefficient (Wildman–Crippen LogP) is 4.78. The van der Waals surface area contributed by atoms with Crippen molar-refractivity contribution in [2.45, 2.75) is 75.2 Å². The minimum Gasteiger partial charge on any atom is -0.456 e. The maximum Gasteiger partial charge on any atom is 0.449 e. The zero-order valence-corrected chi connectivity index (χ0v) is 21.7. The van der Waals surface area contributed by atoms with E-state index in [9.17, 15) is 21.6 Å². The Bertz CT molecular complexity index is 1150. The van der Waals surface area contributed by atoms with Gasteiger partial charge in [0.05, 0.1) is 24.7 Å². The highest BCUT2D eigenvalue weighted by Gasteiger charge is 2.70. The molecule has 0 radical (unpaired) electrons. The first-order chi connectivity index (χ1) is 17.4. The summed E-state index contributed by atoms with van der Waals surface area (Å²) in [5.74, 6) is -3.00. The van der Waals surface area contributed by atoms with Gasteiger partial charge in [0.1, 0.15) is 0 Å². The molecule has 4 heterocycles. The molecule has 0 aromatic heterocycles. The van der Waals surface area contributed by atoms with Crippen LogP contribution in [0, 0.1) is 24.7 Å². The van der Waals surface area contributed by atoms with Crippen LogP contribution in [0.2, 0.25) is 0 Å². The van der Waals surface area contributed by atoms with E-state index in [2.05, 4.69) is 6.92 Å². The molecule has 1 aliphatic carbocycles. The molecule has 1 aromatic rings. The molecule has 3 saturated heterocycles. The van der Waals surface area contributed by atoms with Crippen molar-refractivity contribution in [2.75, 3.05) is 19.8 Å². The number of rotatable bonds is 7. The fourth-order valence-electron chi connectivity index (χ4n) is 6.06. The number of hydrogen-bond acceptors (Lipinski definition) is 8. The summed E-state index contributed by atoms with van der Waals surface area (Å²) in [7, 11) is -4.02. The van der Waals surface area contributed by atoms with Crippen LogP contribution in [0.4, 0.5) is 13.2 Å². The van der Waals surface area contributed by atoms with E-state index in [0.717, 1.165) is 5.56 Å². The van der Waals surface area contributed by atoms with Gasteiger partial charge in [-0.05, 0) is 51.2 Å². The van der Waals surface area contributed by atoms with E-state index < -0.39 is 52.3 Å². The maximum atomic E-state index is 14.2. The molecule has 1 saturated carbocycles. The largest absolute Gasteiger partial charge is 0.456 e. The summed E-state index contributed by atoms with van der Waals surface area (Å²) in [4.78, 5) is 11.5. The third-order valence-electron chi connectivity index (χ3n) is 7.95. The monoisotopic (exact) mass is 548 g/mol. The second-order valence-corrected chi connectivity index (χ2v) is 12.1.